The third-order valence-electron chi connectivity index (χ3n) is 10.3. The van der Waals surface area contributed by atoms with E-state index in [-0.39, 0.29) is 18.2 Å². The van der Waals surface area contributed by atoms with Gasteiger partial charge in [-0.2, -0.15) is 171 Å². The first-order valence-corrected chi connectivity index (χ1v) is 19.4. The Balaban J connectivity index is 2.48. The Bertz CT molecular complexity index is 2420. The van der Waals surface area contributed by atoms with E-state index in [1.165, 1.54) is 0 Å². The van der Waals surface area contributed by atoms with Crippen molar-refractivity contribution < 1.29 is 171 Å². The van der Waals surface area contributed by atoms with Crippen LogP contribution in [0.3, 0.4) is 0 Å². The highest BCUT2D eigenvalue weighted by Gasteiger charge is 2.94. The van der Waals surface area contributed by atoms with Gasteiger partial charge < -0.3 is 0 Å². The van der Waals surface area contributed by atoms with Crippen LogP contribution in [0, 0.1) is 0 Å². The number of hydrogen-bond donors (Lipinski definition) is 0. The molecule has 0 fully saturated rings. The lowest BCUT2D eigenvalue weighted by Crippen LogP contribution is -2.69. The number of benzene rings is 3. The minimum atomic E-state index is -8.71. The molecule has 3 aromatic rings. The highest BCUT2D eigenvalue weighted by Crippen LogP contribution is 2.66. The van der Waals surface area contributed by atoms with Gasteiger partial charge in [0.2, 0.25) is 0 Å². The van der Waals surface area contributed by atoms with E-state index in [0.717, 1.165) is 0 Å². The van der Waals surface area contributed by atoms with E-state index < -0.39 is 202 Å². The van der Waals surface area contributed by atoms with E-state index in [9.17, 15) is 136 Å². The normalized spacial score (nSPS) is 15.9. The zero-order valence-electron chi connectivity index (χ0n) is 34.1. The molecule has 40 heteroatoms. The molecule has 3 rings (SSSR count). The van der Waals surface area contributed by atoms with Crippen molar-refractivity contribution in [3.63, 3.8) is 0 Å². The molecule has 0 saturated heterocycles. The zero-order chi connectivity index (χ0) is 60.5. The molecule has 0 aliphatic carbocycles. The third kappa shape index (κ3) is 8.85. The van der Waals surface area contributed by atoms with E-state index in [0.29, 0.717) is 0 Å². The van der Waals surface area contributed by atoms with Crippen molar-refractivity contribution in [3.8, 4) is 0 Å². The molecule has 0 nitrogen and oxygen atoms in total. The predicted octanol–water partition coefficient (Wildman–Crippen LogP) is 16.0. The molecule has 76 heavy (non-hydrogen) atoms. The molecule has 0 aliphatic rings. The average molecular weight is 1220 g/mol. The van der Waals surface area contributed by atoms with Crippen LogP contribution in [0.2, 0.25) is 0 Å². The van der Waals surface area contributed by atoms with Gasteiger partial charge in [0.05, 0.1) is 0 Å². The molecule has 0 amide bonds. The van der Waals surface area contributed by atoms with Gasteiger partial charge in [-0.05, 0) is 23.8 Å². The number of alkyl halides is 39. The molecule has 0 N–H and O–H groups in total. The second kappa shape index (κ2) is 18.2. The van der Waals surface area contributed by atoms with Crippen LogP contribution >= 0.6 is 7.92 Å². The fourth-order valence-electron chi connectivity index (χ4n) is 5.84. The highest BCUT2D eigenvalue weighted by atomic mass is 31.1. The van der Waals surface area contributed by atoms with Crippen LogP contribution in [0.5, 0.6) is 0 Å². The zero-order valence-corrected chi connectivity index (χ0v) is 35.0. The molecule has 0 aromatic heterocycles. The third-order valence-corrected chi connectivity index (χ3v) is 12.8. The highest BCUT2D eigenvalue weighted by molar-refractivity contribution is 7.79. The maximum atomic E-state index is 15.8. The molecule has 0 unspecified atom stereocenters. The number of rotatable bonds is 18. The Morgan fingerprint density at radius 3 is 0.658 bits per heavy atom. The quantitative estimate of drug-likeness (QED) is 0.0880. The van der Waals surface area contributed by atoms with Crippen LogP contribution < -0.4 is 15.9 Å². The minimum Gasteiger partial charge on any atom is -0.194 e. The first kappa shape index (κ1) is 65.6. The summed E-state index contributed by atoms with van der Waals surface area (Å²) >= 11 is 0. The van der Waals surface area contributed by atoms with Gasteiger partial charge in [-0.25, -0.2) is 0 Å². The molecule has 0 heterocycles. The monoisotopic (exact) mass is 1220 g/mol. The summed E-state index contributed by atoms with van der Waals surface area (Å²) in [7, 11) is -4.40. The lowest BCUT2D eigenvalue weighted by atomic mass is 9.90. The summed E-state index contributed by atoms with van der Waals surface area (Å²) in [5, 5.41) is -5.63. The standard InChI is InChI=1S/C36H12F39P/c37-19(38,22(43,44)25(49,50)28(55,56)31(61,62)34(67,68)69)13-5-9-15(10-6-13)76(16-11-7-14(8-12-16)20(39,40)23(45,46)26(51,52)29(57,58)32(63,64)35(70,71)72)18-4-2-1-3-17(18)21(41,42)24(47,48)27(53,54)30(59,60)33(65,66)36(73,74)75/h1-12H. The average Bonchev–Trinajstić information content (AvgIpc) is 3.25. The molecule has 0 aliphatic heterocycles. The molecule has 434 valence electrons. The van der Waals surface area contributed by atoms with Crippen molar-refractivity contribution in [2.75, 3.05) is 0 Å². The van der Waals surface area contributed by atoms with Crippen molar-refractivity contribution in [2.45, 2.75) is 107 Å². The van der Waals surface area contributed by atoms with Crippen molar-refractivity contribution in [2.24, 2.45) is 0 Å². The number of hydrogen-bond acceptors (Lipinski definition) is 0. The van der Waals surface area contributed by atoms with Gasteiger partial charge in [-0.15, -0.1) is 0 Å². The van der Waals surface area contributed by atoms with Crippen LogP contribution in [0.15, 0.2) is 72.8 Å². The molecule has 0 bridgehead atoms. The Morgan fingerprint density at radius 2 is 0.421 bits per heavy atom. The van der Waals surface area contributed by atoms with E-state index in [1.54, 1.807) is 0 Å². The summed E-state index contributed by atoms with van der Waals surface area (Å²) in [5.41, 5.74) is -9.31. The molecule has 0 radical (unpaired) electrons. The van der Waals surface area contributed by atoms with Gasteiger partial charge in [0.1, 0.15) is 0 Å². The second-order valence-electron chi connectivity index (χ2n) is 15.1. The molecule has 0 saturated carbocycles. The van der Waals surface area contributed by atoms with Gasteiger partial charge in [0, 0.05) is 16.7 Å². The van der Waals surface area contributed by atoms with Gasteiger partial charge in [0.15, 0.2) is 0 Å². The summed E-state index contributed by atoms with van der Waals surface area (Å²) in [5.74, 6) is -124. The van der Waals surface area contributed by atoms with E-state index in [2.05, 4.69) is 0 Å². The van der Waals surface area contributed by atoms with Crippen molar-refractivity contribution in [1.29, 1.82) is 0 Å². The maximum absolute atomic E-state index is 15.8. The summed E-state index contributed by atoms with van der Waals surface area (Å²) in [6.45, 7) is 0. The van der Waals surface area contributed by atoms with Crippen LogP contribution in [-0.4, -0.2) is 89.6 Å². The fraction of sp³-hybridized carbons (Fsp3) is 0.500. The topological polar surface area (TPSA) is 0 Å². The molecule has 0 spiro atoms. The summed E-state index contributed by atoms with van der Waals surface area (Å²) < 4.78 is 544. The largest absolute Gasteiger partial charge is 0.460 e. The van der Waals surface area contributed by atoms with E-state index in [4.69, 9.17) is 0 Å². The van der Waals surface area contributed by atoms with Crippen molar-refractivity contribution in [3.05, 3.63) is 89.5 Å². The summed E-state index contributed by atoms with van der Waals surface area (Å²) in [4.78, 5) is 0. The summed E-state index contributed by atoms with van der Waals surface area (Å²) in [6.07, 6.45) is -24.0. The van der Waals surface area contributed by atoms with Gasteiger partial charge in [-0.1, -0.05) is 72.8 Å². The predicted molar refractivity (Wildman–Crippen MR) is 174 cm³/mol. The Hall–Kier alpha value is -4.64. The SMILES string of the molecule is FC(F)(F)C(F)(F)C(F)(F)C(F)(F)C(F)(F)C(F)(F)c1ccc(P(c2ccc(C(F)(F)C(F)(F)C(F)(F)C(F)(F)C(F)(F)C(F)(F)F)cc2)c2ccccc2C(F)(F)C(F)(F)C(F)(F)C(F)(F)C(F)(F)C(F)(F)F)cc1. The Labute approximate surface area is 392 Å². The Kier molecular flexibility index (Phi) is 15.7. The van der Waals surface area contributed by atoms with Gasteiger partial charge in [0.25, 0.3) is 0 Å². The Morgan fingerprint density at radius 1 is 0.211 bits per heavy atom. The lowest BCUT2D eigenvalue weighted by Gasteiger charge is -2.40. The smallest absolute Gasteiger partial charge is 0.194 e. The van der Waals surface area contributed by atoms with Gasteiger partial charge >= 0.3 is 107 Å². The lowest BCUT2D eigenvalue weighted by molar-refractivity contribution is -0.441. The first-order chi connectivity index (χ1) is 33.0. The van der Waals surface area contributed by atoms with Crippen molar-refractivity contribution in [1.82, 2.24) is 0 Å². The molecular formula is C36H12F39P. The molecule has 0 atom stereocenters. The van der Waals surface area contributed by atoms with Crippen molar-refractivity contribution >= 4 is 23.8 Å². The minimum absolute atomic E-state index is 0.108. The van der Waals surface area contributed by atoms with Crippen LogP contribution in [-0.2, 0) is 17.8 Å². The van der Waals surface area contributed by atoms with E-state index >= 15 is 35.1 Å². The fourth-order valence-corrected chi connectivity index (χ4v) is 8.28. The number of halogens is 39. The molecule has 3 aromatic carbocycles. The second-order valence-corrected chi connectivity index (χ2v) is 17.2. The molecular weight excluding hydrogens is 1200 g/mol. The first-order valence-electron chi connectivity index (χ1n) is 18.0. The van der Waals surface area contributed by atoms with Gasteiger partial charge in [-0.3, -0.25) is 0 Å². The maximum Gasteiger partial charge on any atom is 0.460 e. The van der Waals surface area contributed by atoms with Crippen LogP contribution in [0.4, 0.5) is 171 Å². The van der Waals surface area contributed by atoms with Crippen LogP contribution in [0.25, 0.3) is 0 Å². The van der Waals surface area contributed by atoms with Crippen LogP contribution in [0.1, 0.15) is 16.7 Å². The van der Waals surface area contributed by atoms with E-state index in [1.807, 2.05) is 0 Å². The summed E-state index contributed by atoms with van der Waals surface area (Å²) in [6, 6.07) is -7.22.